The second-order valence-electron chi connectivity index (χ2n) is 6.11. The zero-order chi connectivity index (χ0) is 14.8. The molecular formula is C16H26N2O3. The zero-order valence-corrected chi connectivity index (χ0v) is 13.1. The van der Waals surface area contributed by atoms with E-state index in [1.54, 1.807) is 14.2 Å². The third-order valence-corrected chi connectivity index (χ3v) is 4.89. The molecule has 2 N–H and O–H groups in total. The summed E-state index contributed by atoms with van der Waals surface area (Å²) in [5.41, 5.74) is 8.37. The van der Waals surface area contributed by atoms with Crippen LogP contribution in [0, 0.1) is 11.8 Å². The summed E-state index contributed by atoms with van der Waals surface area (Å²) in [6, 6.07) is 0. The lowest BCUT2D eigenvalue weighted by molar-refractivity contribution is -0.142. The predicted octanol–water partition coefficient (Wildman–Crippen LogP) is 2.16. The number of nitrogens with zero attached hydrogens (tertiary/aromatic N) is 1. The Morgan fingerprint density at radius 3 is 2.95 bits per heavy atom. The minimum Gasteiger partial charge on any atom is -0.496 e. The molecule has 0 bridgehead atoms. The number of rotatable bonds is 5. The van der Waals surface area contributed by atoms with E-state index in [1.807, 2.05) is 5.06 Å². The van der Waals surface area contributed by atoms with Gasteiger partial charge in [-0.15, -0.1) is 0 Å². The van der Waals surface area contributed by atoms with Gasteiger partial charge in [-0.05, 0) is 50.5 Å². The maximum Gasteiger partial charge on any atom is 0.217 e. The minimum absolute atomic E-state index is 0.615. The van der Waals surface area contributed by atoms with Gasteiger partial charge in [0.15, 0.2) is 0 Å². The molecule has 0 saturated heterocycles. The van der Waals surface area contributed by atoms with Gasteiger partial charge < -0.3 is 15.2 Å². The first-order chi connectivity index (χ1) is 10.3. The van der Waals surface area contributed by atoms with Gasteiger partial charge >= 0.3 is 0 Å². The monoisotopic (exact) mass is 294 g/mol. The van der Waals surface area contributed by atoms with Crippen molar-refractivity contribution in [2.45, 2.75) is 32.1 Å². The van der Waals surface area contributed by atoms with Gasteiger partial charge in [-0.25, -0.2) is 5.06 Å². The molecule has 3 aliphatic rings. The van der Waals surface area contributed by atoms with Crippen molar-refractivity contribution in [3.63, 3.8) is 0 Å². The molecular weight excluding hydrogens is 268 g/mol. The Hall–Kier alpha value is -1.20. The van der Waals surface area contributed by atoms with E-state index >= 15 is 0 Å². The zero-order valence-electron chi connectivity index (χ0n) is 13.1. The van der Waals surface area contributed by atoms with Gasteiger partial charge in [0.2, 0.25) is 5.88 Å². The third kappa shape index (κ3) is 2.64. The molecule has 0 spiro atoms. The molecule has 2 unspecified atom stereocenters. The van der Waals surface area contributed by atoms with Gasteiger partial charge in [-0.3, -0.25) is 4.84 Å². The van der Waals surface area contributed by atoms with Crippen LogP contribution in [0.4, 0.5) is 0 Å². The number of methoxy groups -OCH3 is 1. The maximum absolute atomic E-state index is 5.91. The molecule has 2 atom stereocenters. The van der Waals surface area contributed by atoms with Crippen molar-refractivity contribution in [1.82, 2.24) is 5.06 Å². The first-order valence-electron chi connectivity index (χ1n) is 7.93. The average molecular weight is 294 g/mol. The first kappa shape index (κ1) is 14.7. The van der Waals surface area contributed by atoms with Crippen LogP contribution in [0.5, 0.6) is 0 Å². The quantitative estimate of drug-likeness (QED) is 0.842. The summed E-state index contributed by atoms with van der Waals surface area (Å²) in [7, 11) is 3.41. The van der Waals surface area contributed by atoms with E-state index in [2.05, 4.69) is 0 Å². The highest BCUT2D eigenvalue weighted by atomic mass is 16.7. The summed E-state index contributed by atoms with van der Waals surface area (Å²) < 4.78 is 11.6. The molecule has 1 aliphatic carbocycles. The van der Waals surface area contributed by atoms with Crippen LogP contribution in [0.3, 0.4) is 0 Å². The van der Waals surface area contributed by atoms with Crippen LogP contribution in [0.25, 0.3) is 0 Å². The molecule has 0 amide bonds. The highest BCUT2D eigenvalue weighted by Crippen LogP contribution is 2.48. The molecule has 3 rings (SSSR count). The Morgan fingerprint density at radius 1 is 1.38 bits per heavy atom. The summed E-state index contributed by atoms with van der Waals surface area (Å²) in [5, 5.41) is 1.81. The standard InChI is InChI=1S/C16H26N2O3/c1-19-16-13-9-11(4-3-6-17)8-12-5-7-21-14(15(12)13)10-18(16)20-2/h11-12H,3-10,17H2,1-2H3. The topological polar surface area (TPSA) is 57.0 Å². The Labute approximate surface area is 126 Å². The Kier molecular flexibility index (Phi) is 4.40. The molecule has 2 heterocycles. The lowest BCUT2D eigenvalue weighted by Crippen LogP contribution is -2.38. The molecule has 1 saturated carbocycles. The van der Waals surface area contributed by atoms with Crippen molar-refractivity contribution in [3.05, 3.63) is 22.8 Å². The molecule has 0 aromatic rings. The molecule has 21 heavy (non-hydrogen) atoms. The van der Waals surface area contributed by atoms with E-state index in [4.69, 9.17) is 20.0 Å². The van der Waals surface area contributed by atoms with Gasteiger partial charge in [-0.1, -0.05) is 0 Å². The number of hydroxylamine groups is 2. The number of allylic oxidation sites excluding steroid dienone is 2. The number of ether oxygens (including phenoxy) is 2. The second kappa shape index (κ2) is 6.28. The molecule has 5 nitrogen and oxygen atoms in total. The predicted molar refractivity (Wildman–Crippen MR) is 79.8 cm³/mol. The third-order valence-electron chi connectivity index (χ3n) is 4.89. The van der Waals surface area contributed by atoms with Crippen molar-refractivity contribution >= 4 is 0 Å². The van der Waals surface area contributed by atoms with Crippen LogP contribution in [-0.2, 0) is 14.3 Å². The Morgan fingerprint density at radius 2 is 2.24 bits per heavy atom. The molecule has 0 aromatic carbocycles. The molecule has 0 aromatic heterocycles. The molecule has 5 heteroatoms. The average Bonchev–Trinajstić information content (AvgIpc) is 2.52. The summed E-state index contributed by atoms with van der Waals surface area (Å²) in [4.78, 5) is 5.47. The van der Waals surface area contributed by atoms with E-state index in [-0.39, 0.29) is 0 Å². The highest BCUT2D eigenvalue weighted by Gasteiger charge is 2.40. The van der Waals surface area contributed by atoms with Gasteiger partial charge in [0, 0.05) is 11.1 Å². The summed E-state index contributed by atoms with van der Waals surface area (Å²) in [5.74, 6) is 3.26. The van der Waals surface area contributed by atoms with Crippen LogP contribution < -0.4 is 5.73 Å². The van der Waals surface area contributed by atoms with Gasteiger partial charge in [0.25, 0.3) is 0 Å². The summed E-state index contributed by atoms with van der Waals surface area (Å²) in [6.45, 7) is 2.25. The van der Waals surface area contributed by atoms with E-state index in [0.717, 1.165) is 44.1 Å². The molecule has 118 valence electrons. The van der Waals surface area contributed by atoms with Gasteiger partial charge in [0.05, 0.1) is 20.8 Å². The maximum atomic E-state index is 5.91. The van der Waals surface area contributed by atoms with E-state index < -0.39 is 0 Å². The van der Waals surface area contributed by atoms with Crippen LogP contribution in [0.15, 0.2) is 22.8 Å². The Bertz CT molecular complexity index is 458. The van der Waals surface area contributed by atoms with Crippen molar-refractivity contribution in [2.75, 3.05) is 33.9 Å². The lowest BCUT2D eigenvalue weighted by atomic mass is 9.70. The smallest absolute Gasteiger partial charge is 0.217 e. The number of nitrogens with two attached hydrogens (primary N) is 1. The van der Waals surface area contributed by atoms with Crippen molar-refractivity contribution in [2.24, 2.45) is 17.6 Å². The van der Waals surface area contributed by atoms with Gasteiger partial charge in [0.1, 0.15) is 12.3 Å². The molecule has 0 radical (unpaired) electrons. The molecule has 2 aliphatic heterocycles. The second-order valence-corrected chi connectivity index (χ2v) is 6.11. The number of hydrogen-bond acceptors (Lipinski definition) is 5. The largest absolute Gasteiger partial charge is 0.496 e. The molecule has 1 fully saturated rings. The first-order valence-corrected chi connectivity index (χ1v) is 7.93. The fraction of sp³-hybridized carbons (Fsp3) is 0.750. The van der Waals surface area contributed by atoms with Crippen LogP contribution in [-0.4, -0.2) is 39.0 Å². The lowest BCUT2D eigenvalue weighted by Gasteiger charge is -2.43. The minimum atomic E-state index is 0.615. The fourth-order valence-corrected chi connectivity index (χ4v) is 3.99. The van der Waals surface area contributed by atoms with Gasteiger partial charge in [-0.2, -0.15) is 0 Å². The van der Waals surface area contributed by atoms with E-state index in [1.165, 1.54) is 24.0 Å². The fourth-order valence-electron chi connectivity index (χ4n) is 3.99. The SMILES string of the molecule is COC1=C2CC(CCCN)CC3CCOC(=C23)CN1OC. The van der Waals surface area contributed by atoms with Crippen molar-refractivity contribution < 1.29 is 14.3 Å². The Balaban J connectivity index is 1.93. The van der Waals surface area contributed by atoms with Crippen LogP contribution in [0.2, 0.25) is 0 Å². The number of hydrogen-bond donors (Lipinski definition) is 1. The van der Waals surface area contributed by atoms with E-state index in [0.29, 0.717) is 18.4 Å². The van der Waals surface area contributed by atoms with E-state index in [9.17, 15) is 0 Å². The summed E-state index contributed by atoms with van der Waals surface area (Å²) >= 11 is 0. The van der Waals surface area contributed by atoms with Crippen LogP contribution in [0.1, 0.15) is 32.1 Å². The summed E-state index contributed by atoms with van der Waals surface area (Å²) in [6.07, 6.45) is 5.72. The van der Waals surface area contributed by atoms with Crippen LogP contribution >= 0.6 is 0 Å². The van der Waals surface area contributed by atoms with Crippen molar-refractivity contribution in [3.8, 4) is 0 Å². The normalized spacial score (nSPS) is 28.4. The highest BCUT2D eigenvalue weighted by molar-refractivity contribution is 5.43. The van der Waals surface area contributed by atoms with Crippen molar-refractivity contribution in [1.29, 1.82) is 0 Å².